The van der Waals surface area contributed by atoms with Crippen molar-refractivity contribution in [1.82, 2.24) is 10.2 Å². The lowest BCUT2D eigenvalue weighted by Gasteiger charge is -2.40. The molecule has 0 spiro atoms. The summed E-state index contributed by atoms with van der Waals surface area (Å²) < 4.78 is 0. The molecule has 1 fully saturated rings. The Balaban J connectivity index is 1.72. The summed E-state index contributed by atoms with van der Waals surface area (Å²) in [6.07, 6.45) is 5.58. The molecule has 0 saturated heterocycles. The van der Waals surface area contributed by atoms with Crippen LogP contribution >= 0.6 is 0 Å². The van der Waals surface area contributed by atoms with Crippen molar-refractivity contribution >= 4 is 16.6 Å². The van der Waals surface area contributed by atoms with Crippen molar-refractivity contribution in [3.63, 3.8) is 0 Å². The van der Waals surface area contributed by atoms with Crippen LogP contribution in [0.15, 0.2) is 30.5 Å². The van der Waals surface area contributed by atoms with Crippen molar-refractivity contribution in [3.8, 4) is 0 Å². The number of benzene rings is 1. The van der Waals surface area contributed by atoms with Crippen LogP contribution in [0.5, 0.6) is 0 Å². The Hall–Kier alpha value is -1.68. The van der Waals surface area contributed by atoms with Crippen molar-refractivity contribution in [2.24, 2.45) is 5.41 Å². The molecule has 0 unspecified atom stereocenters. The topological polar surface area (TPSA) is 58.0 Å². The lowest BCUT2D eigenvalue weighted by atomic mass is 9.71. The molecular weight excluding hydrogens is 262 g/mol. The molecule has 4 nitrogen and oxygen atoms in total. The first-order valence-electron chi connectivity index (χ1n) is 7.64. The molecule has 112 valence electrons. The SMILES string of the molecule is CC1(C)CCC(O)(CNc2cnnc3ccccc23)CC1. The molecule has 0 atom stereocenters. The summed E-state index contributed by atoms with van der Waals surface area (Å²) in [5, 5.41) is 23.3. The number of rotatable bonds is 3. The van der Waals surface area contributed by atoms with Gasteiger partial charge in [0.25, 0.3) is 0 Å². The normalized spacial score (nSPS) is 20.3. The Labute approximate surface area is 125 Å². The third-order valence-corrected chi connectivity index (χ3v) is 4.69. The zero-order chi connectivity index (χ0) is 14.9. The van der Waals surface area contributed by atoms with Gasteiger partial charge in [-0.25, -0.2) is 0 Å². The summed E-state index contributed by atoms with van der Waals surface area (Å²) >= 11 is 0. The van der Waals surface area contributed by atoms with Gasteiger partial charge in [0.15, 0.2) is 0 Å². The lowest BCUT2D eigenvalue weighted by molar-refractivity contribution is -0.0145. The molecule has 1 aromatic carbocycles. The summed E-state index contributed by atoms with van der Waals surface area (Å²) in [5.74, 6) is 0. The van der Waals surface area contributed by atoms with Gasteiger partial charge in [-0.05, 0) is 37.2 Å². The Morgan fingerprint density at radius 1 is 1.14 bits per heavy atom. The van der Waals surface area contributed by atoms with E-state index in [1.165, 1.54) is 0 Å². The third kappa shape index (κ3) is 3.16. The van der Waals surface area contributed by atoms with Gasteiger partial charge < -0.3 is 10.4 Å². The summed E-state index contributed by atoms with van der Waals surface area (Å²) in [7, 11) is 0. The number of fused-ring (bicyclic) bond motifs is 1. The Morgan fingerprint density at radius 2 is 1.86 bits per heavy atom. The Bertz CT molecular complexity index is 623. The summed E-state index contributed by atoms with van der Waals surface area (Å²) in [6, 6.07) is 7.93. The summed E-state index contributed by atoms with van der Waals surface area (Å²) in [5.41, 5.74) is 1.56. The van der Waals surface area contributed by atoms with Crippen LogP contribution in [-0.4, -0.2) is 27.4 Å². The average molecular weight is 285 g/mol. The van der Waals surface area contributed by atoms with E-state index in [0.29, 0.717) is 12.0 Å². The van der Waals surface area contributed by atoms with E-state index in [-0.39, 0.29) is 0 Å². The van der Waals surface area contributed by atoms with Gasteiger partial charge in [0.05, 0.1) is 23.0 Å². The van der Waals surface area contributed by atoms with E-state index in [1.807, 2.05) is 24.3 Å². The molecule has 21 heavy (non-hydrogen) atoms. The van der Waals surface area contributed by atoms with Crippen LogP contribution in [0.3, 0.4) is 0 Å². The molecule has 2 N–H and O–H groups in total. The number of nitrogens with zero attached hydrogens (tertiary/aromatic N) is 2. The lowest BCUT2D eigenvalue weighted by Crippen LogP contribution is -2.42. The molecule has 0 aliphatic heterocycles. The minimum Gasteiger partial charge on any atom is -0.388 e. The first kappa shape index (κ1) is 14.3. The molecule has 3 rings (SSSR count). The number of hydrogen-bond donors (Lipinski definition) is 2. The van der Waals surface area contributed by atoms with Gasteiger partial charge in [-0.15, -0.1) is 0 Å². The van der Waals surface area contributed by atoms with Crippen LogP contribution in [0.2, 0.25) is 0 Å². The molecule has 0 radical (unpaired) electrons. The van der Waals surface area contributed by atoms with Gasteiger partial charge in [0, 0.05) is 11.9 Å². The number of nitrogens with one attached hydrogen (secondary N) is 1. The molecule has 2 aromatic rings. The van der Waals surface area contributed by atoms with E-state index >= 15 is 0 Å². The van der Waals surface area contributed by atoms with Gasteiger partial charge in [0.2, 0.25) is 0 Å². The highest BCUT2D eigenvalue weighted by atomic mass is 16.3. The predicted octanol–water partition coefficient (Wildman–Crippen LogP) is 3.37. The van der Waals surface area contributed by atoms with Crippen molar-refractivity contribution in [1.29, 1.82) is 0 Å². The fourth-order valence-electron chi connectivity index (χ4n) is 2.98. The number of anilines is 1. The Morgan fingerprint density at radius 3 is 2.62 bits per heavy atom. The molecule has 1 aliphatic carbocycles. The smallest absolute Gasteiger partial charge is 0.0950 e. The standard InChI is InChI=1S/C17H23N3O/c1-16(2)7-9-17(21,10-8-16)12-18-15-11-19-20-14-6-4-3-5-13(14)15/h3-6,11,21H,7-10,12H2,1-2H3,(H,18,20). The van der Waals surface area contributed by atoms with Crippen molar-refractivity contribution in [2.75, 3.05) is 11.9 Å². The van der Waals surface area contributed by atoms with Crippen LogP contribution in [0, 0.1) is 5.41 Å². The van der Waals surface area contributed by atoms with E-state index in [2.05, 4.69) is 29.4 Å². The molecule has 1 saturated carbocycles. The minimum absolute atomic E-state index is 0.358. The molecule has 1 aromatic heterocycles. The van der Waals surface area contributed by atoms with Crippen LogP contribution < -0.4 is 5.32 Å². The molecular formula is C17H23N3O. The highest BCUT2D eigenvalue weighted by Crippen LogP contribution is 2.40. The van der Waals surface area contributed by atoms with E-state index in [1.54, 1.807) is 6.20 Å². The fraction of sp³-hybridized carbons (Fsp3) is 0.529. The second kappa shape index (κ2) is 5.26. The molecule has 1 aliphatic rings. The summed E-state index contributed by atoms with van der Waals surface area (Å²) in [4.78, 5) is 0. The zero-order valence-electron chi connectivity index (χ0n) is 12.8. The van der Waals surface area contributed by atoms with E-state index in [0.717, 1.165) is 42.3 Å². The van der Waals surface area contributed by atoms with Crippen molar-refractivity contribution in [3.05, 3.63) is 30.5 Å². The molecule has 4 heteroatoms. The fourth-order valence-corrected chi connectivity index (χ4v) is 2.98. The van der Waals surface area contributed by atoms with Crippen LogP contribution in [0.25, 0.3) is 10.9 Å². The van der Waals surface area contributed by atoms with E-state index < -0.39 is 5.60 Å². The van der Waals surface area contributed by atoms with Gasteiger partial charge in [-0.1, -0.05) is 32.0 Å². The predicted molar refractivity (Wildman–Crippen MR) is 85.2 cm³/mol. The van der Waals surface area contributed by atoms with E-state index in [9.17, 15) is 5.11 Å². The summed E-state index contributed by atoms with van der Waals surface area (Å²) in [6.45, 7) is 5.12. The second-order valence-corrected chi connectivity index (χ2v) is 7.02. The maximum absolute atomic E-state index is 10.7. The molecule has 1 heterocycles. The van der Waals surface area contributed by atoms with Gasteiger partial charge >= 0.3 is 0 Å². The first-order chi connectivity index (χ1) is 9.98. The highest BCUT2D eigenvalue weighted by molar-refractivity contribution is 5.90. The first-order valence-corrected chi connectivity index (χ1v) is 7.64. The minimum atomic E-state index is -0.611. The van der Waals surface area contributed by atoms with Crippen molar-refractivity contribution in [2.45, 2.75) is 45.1 Å². The Kier molecular flexibility index (Phi) is 3.57. The van der Waals surface area contributed by atoms with Gasteiger partial charge in [-0.3, -0.25) is 0 Å². The largest absolute Gasteiger partial charge is 0.388 e. The van der Waals surface area contributed by atoms with Crippen molar-refractivity contribution < 1.29 is 5.11 Å². The van der Waals surface area contributed by atoms with Crippen LogP contribution in [0.4, 0.5) is 5.69 Å². The maximum atomic E-state index is 10.7. The maximum Gasteiger partial charge on any atom is 0.0950 e. The number of aromatic nitrogens is 2. The quantitative estimate of drug-likeness (QED) is 0.907. The number of aliphatic hydroxyl groups is 1. The van der Waals surface area contributed by atoms with E-state index in [4.69, 9.17) is 0 Å². The van der Waals surface area contributed by atoms with Crippen LogP contribution in [0.1, 0.15) is 39.5 Å². The monoisotopic (exact) mass is 285 g/mol. The number of hydrogen-bond acceptors (Lipinski definition) is 4. The highest BCUT2D eigenvalue weighted by Gasteiger charge is 2.36. The van der Waals surface area contributed by atoms with Crippen LogP contribution in [-0.2, 0) is 0 Å². The zero-order valence-corrected chi connectivity index (χ0v) is 12.8. The van der Waals surface area contributed by atoms with Gasteiger partial charge in [-0.2, -0.15) is 10.2 Å². The molecule has 0 bridgehead atoms. The third-order valence-electron chi connectivity index (χ3n) is 4.69. The average Bonchev–Trinajstić information content (AvgIpc) is 2.49. The second-order valence-electron chi connectivity index (χ2n) is 7.02. The molecule has 0 amide bonds. The van der Waals surface area contributed by atoms with Gasteiger partial charge in [0.1, 0.15) is 0 Å².